The third-order valence-electron chi connectivity index (χ3n) is 3.35. The van der Waals surface area contributed by atoms with Crippen LogP contribution in [-0.2, 0) is 4.79 Å². The van der Waals surface area contributed by atoms with Crippen molar-refractivity contribution < 1.29 is 14.0 Å². The van der Waals surface area contributed by atoms with Crippen LogP contribution in [0.1, 0.15) is 23.7 Å². The number of rotatable bonds is 4. The van der Waals surface area contributed by atoms with Gasteiger partial charge in [-0.25, -0.2) is 4.39 Å². The molecule has 1 aliphatic rings. The monoisotopic (exact) mass is 264 g/mol. The molecular formula is C14H17FN2O2. The van der Waals surface area contributed by atoms with E-state index in [4.69, 9.17) is 0 Å². The highest BCUT2D eigenvalue weighted by atomic mass is 19.1. The minimum absolute atomic E-state index is 0.0601. The molecule has 0 aliphatic carbocycles. The summed E-state index contributed by atoms with van der Waals surface area (Å²) in [5.41, 5.74) is 0.0864. The lowest BCUT2D eigenvalue weighted by Crippen LogP contribution is -2.56. The van der Waals surface area contributed by atoms with Crippen LogP contribution < -0.4 is 5.32 Å². The van der Waals surface area contributed by atoms with E-state index in [0.717, 1.165) is 0 Å². The number of hydrogen-bond acceptors (Lipinski definition) is 3. The predicted octanol–water partition coefficient (Wildman–Crippen LogP) is 1.22. The summed E-state index contributed by atoms with van der Waals surface area (Å²) in [6.07, 6.45) is 0.635. The SMILES string of the molecule is CCC1C(=O)NCCN1CC(=O)c1ccccc1F. The fourth-order valence-corrected chi connectivity index (χ4v) is 2.35. The molecule has 0 saturated carbocycles. The highest BCUT2D eigenvalue weighted by Crippen LogP contribution is 2.12. The maximum atomic E-state index is 13.5. The summed E-state index contributed by atoms with van der Waals surface area (Å²) in [7, 11) is 0. The Kier molecular flexibility index (Phi) is 4.27. The van der Waals surface area contributed by atoms with Gasteiger partial charge in [-0.3, -0.25) is 14.5 Å². The average Bonchev–Trinajstić information content (AvgIpc) is 2.39. The number of benzene rings is 1. The van der Waals surface area contributed by atoms with Crippen molar-refractivity contribution in [3.8, 4) is 0 Å². The molecule has 5 heteroatoms. The fraction of sp³-hybridized carbons (Fsp3) is 0.429. The van der Waals surface area contributed by atoms with Crippen molar-refractivity contribution in [2.75, 3.05) is 19.6 Å². The lowest BCUT2D eigenvalue weighted by molar-refractivity contribution is -0.128. The Balaban J connectivity index is 2.10. The molecule has 0 spiro atoms. The third-order valence-corrected chi connectivity index (χ3v) is 3.35. The first kappa shape index (κ1) is 13.7. The van der Waals surface area contributed by atoms with Gasteiger partial charge in [0, 0.05) is 13.1 Å². The number of halogens is 1. The number of hydrogen-bond donors (Lipinski definition) is 1. The van der Waals surface area contributed by atoms with E-state index in [2.05, 4.69) is 5.32 Å². The van der Waals surface area contributed by atoms with Crippen molar-refractivity contribution in [2.45, 2.75) is 19.4 Å². The van der Waals surface area contributed by atoms with Gasteiger partial charge in [0.1, 0.15) is 5.82 Å². The topological polar surface area (TPSA) is 49.4 Å². The van der Waals surface area contributed by atoms with Crippen LogP contribution >= 0.6 is 0 Å². The number of ketones is 1. The van der Waals surface area contributed by atoms with E-state index in [0.29, 0.717) is 19.5 Å². The van der Waals surface area contributed by atoms with Crippen molar-refractivity contribution in [1.82, 2.24) is 10.2 Å². The molecule has 0 aromatic heterocycles. The third kappa shape index (κ3) is 2.98. The summed E-state index contributed by atoms with van der Waals surface area (Å²) in [6.45, 7) is 3.12. The Morgan fingerprint density at radius 3 is 2.89 bits per heavy atom. The van der Waals surface area contributed by atoms with Crippen LogP contribution in [0.15, 0.2) is 24.3 Å². The van der Waals surface area contributed by atoms with E-state index in [1.165, 1.54) is 12.1 Å². The van der Waals surface area contributed by atoms with Gasteiger partial charge in [-0.1, -0.05) is 19.1 Å². The van der Waals surface area contributed by atoms with Gasteiger partial charge in [-0.15, -0.1) is 0 Å². The molecule has 102 valence electrons. The lowest BCUT2D eigenvalue weighted by atomic mass is 10.1. The first-order valence-electron chi connectivity index (χ1n) is 6.43. The Hall–Kier alpha value is -1.75. The molecule has 1 aromatic rings. The molecule has 1 atom stereocenters. The van der Waals surface area contributed by atoms with Crippen LogP contribution in [0.25, 0.3) is 0 Å². The first-order chi connectivity index (χ1) is 9.13. The molecule has 0 radical (unpaired) electrons. The first-order valence-corrected chi connectivity index (χ1v) is 6.43. The summed E-state index contributed by atoms with van der Waals surface area (Å²) in [5, 5.41) is 2.77. The van der Waals surface area contributed by atoms with E-state index in [-0.39, 0.29) is 29.8 Å². The van der Waals surface area contributed by atoms with Gasteiger partial charge in [0.25, 0.3) is 0 Å². The molecular weight excluding hydrogens is 247 g/mol. The molecule has 1 saturated heterocycles. The number of carbonyl (C=O) groups is 2. The van der Waals surface area contributed by atoms with Gasteiger partial charge >= 0.3 is 0 Å². The highest BCUT2D eigenvalue weighted by Gasteiger charge is 2.29. The van der Waals surface area contributed by atoms with Crippen LogP contribution in [0.4, 0.5) is 4.39 Å². The quantitative estimate of drug-likeness (QED) is 0.832. The lowest BCUT2D eigenvalue weighted by Gasteiger charge is -2.33. The Labute approximate surface area is 111 Å². The summed E-state index contributed by atoms with van der Waals surface area (Å²) >= 11 is 0. The molecule has 1 fully saturated rings. The summed E-state index contributed by atoms with van der Waals surface area (Å²) in [5.74, 6) is -0.858. The van der Waals surface area contributed by atoms with Crippen LogP contribution in [0.3, 0.4) is 0 Å². The van der Waals surface area contributed by atoms with Crippen molar-refractivity contribution >= 4 is 11.7 Å². The van der Waals surface area contributed by atoms with E-state index in [1.807, 2.05) is 11.8 Å². The van der Waals surface area contributed by atoms with Gasteiger partial charge in [-0.05, 0) is 18.6 Å². The highest BCUT2D eigenvalue weighted by molar-refractivity contribution is 5.98. The van der Waals surface area contributed by atoms with Crippen LogP contribution in [0.5, 0.6) is 0 Å². The number of nitrogens with one attached hydrogen (secondary N) is 1. The number of carbonyl (C=O) groups excluding carboxylic acids is 2. The Morgan fingerprint density at radius 1 is 1.47 bits per heavy atom. The van der Waals surface area contributed by atoms with Gasteiger partial charge in [-0.2, -0.15) is 0 Å². The second-order valence-electron chi connectivity index (χ2n) is 4.59. The number of nitrogens with zero attached hydrogens (tertiary/aromatic N) is 1. The number of amides is 1. The summed E-state index contributed by atoms with van der Waals surface area (Å²) in [6, 6.07) is 5.63. The maximum Gasteiger partial charge on any atom is 0.237 e. The van der Waals surface area contributed by atoms with E-state index < -0.39 is 5.82 Å². The second-order valence-corrected chi connectivity index (χ2v) is 4.59. The van der Waals surface area contributed by atoms with E-state index in [1.54, 1.807) is 12.1 Å². The van der Waals surface area contributed by atoms with Crippen molar-refractivity contribution in [1.29, 1.82) is 0 Å². The smallest absolute Gasteiger partial charge is 0.237 e. The average molecular weight is 264 g/mol. The second kappa shape index (κ2) is 5.93. The van der Waals surface area contributed by atoms with Crippen LogP contribution in [0.2, 0.25) is 0 Å². The zero-order valence-electron chi connectivity index (χ0n) is 10.9. The zero-order valence-corrected chi connectivity index (χ0v) is 10.9. The van der Waals surface area contributed by atoms with Gasteiger partial charge in [0.05, 0.1) is 18.2 Å². The molecule has 1 aromatic carbocycles. The Morgan fingerprint density at radius 2 is 2.21 bits per heavy atom. The molecule has 19 heavy (non-hydrogen) atoms. The van der Waals surface area contributed by atoms with Crippen molar-refractivity contribution in [2.24, 2.45) is 0 Å². The fourth-order valence-electron chi connectivity index (χ4n) is 2.35. The minimum atomic E-state index is -0.512. The Bertz CT molecular complexity index is 490. The molecule has 4 nitrogen and oxygen atoms in total. The summed E-state index contributed by atoms with van der Waals surface area (Å²) < 4.78 is 13.5. The van der Waals surface area contributed by atoms with Gasteiger partial charge < -0.3 is 5.32 Å². The van der Waals surface area contributed by atoms with Gasteiger partial charge in [0.15, 0.2) is 5.78 Å². The maximum absolute atomic E-state index is 13.5. The number of Topliss-reactive ketones (excluding diaryl/α,β-unsaturated/α-hetero) is 1. The normalized spacial score (nSPS) is 20.1. The molecule has 1 N–H and O–H groups in total. The summed E-state index contributed by atoms with van der Waals surface area (Å²) in [4.78, 5) is 25.6. The largest absolute Gasteiger partial charge is 0.353 e. The molecule has 2 rings (SSSR count). The molecule has 1 amide bonds. The molecule has 1 unspecified atom stereocenters. The zero-order chi connectivity index (χ0) is 13.8. The predicted molar refractivity (Wildman–Crippen MR) is 69.4 cm³/mol. The number of piperazine rings is 1. The van der Waals surface area contributed by atoms with E-state index >= 15 is 0 Å². The molecule has 1 heterocycles. The van der Waals surface area contributed by atoms with Crippen molar-refractivity contribution in [3.63, 3.8) is 0 Å². The molecule has 1 aliphatic heterocycles. The van der Waals surface area contributed by atoms with Crippen molar-refractivity contribution in [3.05, 3.63) is 35.6 Å². The minimum Gasteiger partial charge on any atom is -0.353 e. The molecule has 0 bridgehead atoms. The van der Waals surface area contributed by atoms with E-state index in [9.17, 15) is 14.0 Å². The van der Waals surface area contributed by atoms with Gasteiger partial charge in [0.2, 0.25) is 5.91 Å². The standard InChI is InChI=1S/C14H17FN2O2/c1-2-12-14(19)16-7-8-17(12)9-13(18)10-5-3-4-6-11(10)15/h3-6,12H,2,7-9H2,1H3,(H,16,19). The van der Waals surface area contributed by atoms with Crippen LogP contribution in [-0.4, -0.2) is 42.3 Å². The van der Waals surface area contributed by atoms with Crippen LogP contribution in [0, 0.1) is 5.82 Å².